The summed E-state index contributed by atoms with van der Waals surface area (Å²) in [6.07, 6.45) is 2.05. The van der Waals surface area contributed by atoms with E-state index in [0.717, 1.165) is 6.54 Å². The number of nitrogens with one attached hydrogen (secondary N) is 1. The summed E-state index contributed by atoms with van der Waals surface area (Å²) in [5.41, 5.74) is 1.06. The zero-order chi connectivity index (χ0) is 15.3. The van der Waals surface area contributed by atoms with E-state index in [1.807, 2.05) is 0 Å². The van der Waals surface area contributed by atoms with Crippen molar-refractivity contribution in [3.05, 3.63) is 29.8 Å². The predicted molar refractivity (Wildman–Crippen MR) is 82.0 cm³/mol. The summed E-state index contributed by atoms with van der Waals surface area (Å²) in [6.45, 7) is 6.30. The van der Waals surface area contributed by atoms with E-state index in [-0.39, 0.29) is 6.61 Å². The zero-order valence-electron chi connectivity index (χ0n) is 12.8. The second-order valence-electron chi connectivity index (χ2n) is 6.25. The molecule has 0 aliphatic heterocycles. The van der Waals surface area contributed by atoms with E-state index < -0.39 is 6.10 Å². The molecule has 0 heterocycles. The number of hydrogen-bond acceptors (Lipinski definition) is 4. The van der Waals surface area contributed by atoms with Gasteiger partial charge in [0.1, 0.15) is 18.5 Å². The number of aliphatic hydroxyl groups excluding tert-OH is 1. The third-order valence-electron chi connectivity index (χ3n) is 4.40. The van der Waals surface area contributed by atoms with Gasteiger partial charge in [0.25, 0.3) is 0 Å². The molecule has 1 aromatic carbocycles. The molecule has 1 aromatic rings. The monoisotopic (exact) mass is 288 g/mol. The number of aliphatic hydroxyl groups is 1. The quantitative estimate of drug-likeness (QED) is 0.770. The fourth-order valence-corrected chi connectivity index (χ4v) is 2.48. The standard InChI is InChI=1S/C17H24N2O2/c1-13(2)17(7-8-17)12-19-10-15(20)11-21-16-5-3-14(9-18)4-6-16/h3-6,13,15,19-20H,7-8,10-12H2,1-2H3. The molecule has 0 saturated heterocycles. The van der Waals surface area contributed by atoms with Crippen molar-refractivity contribution in [3.63, 3.8) is 0 Å². The number of ether oxygens (including phenoxy) is 1. The maximum atomic E-state index is 9.93. The van der Waals surface area contributed by atoms with Crippen LogP contribution in [-0.2, 0) is 0 Å². The molecule has 0 aromatic heterocycles. The van der Waals surface area contributed by atoms with Crippen LogP contribution in [0.15, 0.2) is 24.3 Å². The second kappa shape index (κ2) is 6.93. The molecule has 2 N–H and O–H groups in total. The Kier molecular flexibility index (Phi) is 5.22. The minimum Gasteiger partial charge on any atom is -0.491 e. The van der Waals surface area contributed by atoms with Crippen LogP contribution in [-0.4, -0.2) is 30.9 Å². The number of nitrogens with zero attached hydrogens (tertiary/aromatic N) is 1. The average Bonchev–Trinajstić information content (AvgIpc) is 3.27. The fraction of sp³-hybridized carbons (Fsp3) is 0.588. The normalized spacial score (nSPS) is 17.3. The highest BCUT2D eigenvalue weighted by Crippen LogP contribution is 2.51. The van der Waals surface area contributed by atoms with Crippen LogP contribution in [0.25, 0.3) is 0 Å². The first-order valence-electron chi connectivity index (χ1n) is 7.57. The summed E-state index contributed by atoms with van der Waals surface area (Å²) in [5, 5.41) is 22.0. The summed E-state index contributed by atoms with van der Waals surface area (Å²) in [4.78, 5) is 0. The summed E-state index contributed by atoms with van der Waals surface area (Å²) in [7, 11) is 0. The van der Waals surface area contributed by atoms with Crippen molar-refractivity contribution in [1.82, 2.24) is 5.32 Å². The van der Waals surface area contributed by atoms with E-state index >= 15 is 0 Å². The lowest BCUT2D eigenvalue weighted by Crippen LogP contribution is -2.36. The van der Waals surface area contributed by atoms with Crippen LogP contribution in [0.2, 0.25) is 0 Å². The molecule has 2 rings (SSSR count). The van der Waals surface area contributed by atoms with Crippen molar-refractivity contribution >= 4 is 0 Å². The number of benzene rings is 1. The molecular formula is C17H24N2O2. The van der Waals surface area contributed by atoms with Gasteiger partial charge >= 0.3 is 0 Å². The summed E-state index contributed by atoms with van der Waals surface area (Å²) >= 11 is 0. The minimum absolute atomic E-state index is 0.258. The van der Waals surface area contributed by atoms with E-state index in [9.17, 15) is 5.11 Å². The van der Waals surface area contributed by atoms with Crippen molar-refractivity contribution in [1.29, 1.82) is 5.26 Å². The predicted octanol–water partition coefficient (Wildman–Crippen LogP) is 2.32. The smallest absolute Gasteiger partial charge is 0.119 e. The van der Waals surface area contributed by atoms with Gasteiger partial charge < -0.3 is 15.2 Å². The molecule has 4 nitrogen and oxygen atoms in total. The van der Waals surface area contributed by atoms with Gasteiger partial charge in [-0.05, 0) is 48.4 Å². The molecule has 4 heteroatoms. The molecule has 0 bridgehead atoms. The second-order valence-corrected chi connectivity index (χ2v) is 6.25. The van der Waals surface area contributed by atoms with Crippen LogP contribution in [0.4, 0.5) is 0 Å². The number of rotatable bonds is 8. The highest BCUT2D eigenvalue weighted by molar-refractivity contribution is 5.34. The van der Waals surface area contributed by atoms with Crippen LogP contribution < -0.4 is 10.1 Å². The van der Waals surface area contributed by atoms with E-state index in [0.29, 0.717) is 29.2 Å². The first-order chi connectivity index (χ1) is 10.1. The van der Waals surface area contributed by atoms with Crippen LogP contribution in [0.3, 0.4) is 0 Å². The van der Waals surface area contributed by atoms with Gasteiger partial charge in [0.2, 0.25) is 0 Å². The van der Waals surface area contributed by atoms with Crippen LogP contribution >= 0.6 is 0 Å². The topological polar surface area (TPSA) is 65.3 Å². The van der Waals surface area contributed by atoms with E-state index in [1.165, 1.54) is 12.8 Å². The van der Waals surface area contributed by atoms with Gasteiger partial charge in [-0.2, -0.15) is 5.26 Å². The van der Waals surface area contributed by atoms with Crippen molar-refractivity contribution in [2.45, 2.75) is 32.8 Å². The van der Waals surface area contributed by atoms with Gasteiger partial charge in [0.15, 0.2) is 0 Å². The van der Waals surface area contributed by atoms with Gasteiger partial charge in [0.05, 0.1) is 11.6 Å². The van der Waals surface area contributed by atoms with E-state index in [4.69, 9.17) is 10.00 Å². The lowest BCUT2D eigenvalue weighted by atomic mass is 9.92. The van der Waals surface area contributed by atoms with Crippen LogP contribution in [0.1, 0.15) is 32.3 Å². The van der Waals surface area contributed by atoms with Gasteiger partial charge in [-0.3, -0.25) is 0 Å². The zero-order valence-corrected chi connectivity index (χ0v) is 12.8. The van der Waals surface area contributed by atoms with Crippen LogP contribution in [0.5, 0.6) is 5.75 Å². The molecule has 0 amide bonds. The molecule has 1 aliphatic rings. The SMILES string of the molecule is CC(C)C1(CNCC(O)COc2ccc(C#N)cc2)CC1. The summed E-state index contributed by atoms with van der Waals surface area (Å²) < 4.78 is 5.51. The lowest BCUT2D eigenvalue weighted by molar-refractivity contribution is 0.104. The fourth-order valence-electron chi connectivity index (χ4n) is 2.48. The third-order valence-corrected chi connectivity index (χ3v) is 4.40. The first kappa shape index (κ1) is 15.8. The molecule has 114 valence electrons. The average molecular weight is 288 g/mol. The Hall–Kier alpha value is -1.57. The Morgan fingerprint density at radius 1 is 1.33 bits per heavy atom. The Bertz CT molecular complexity index is 487. The van der Waals surface area contributed by atoms with Crippen molar-refractivity contribution in [3.8, 4) is 11.8 Å². The molecular weight excluding hydrogens is 264 g/mol. The molecule has 1 unspecified atom stereocenters. The van der Waals surface area contributed by atoms with Gasteiger partial charge in [-0.25, -0.2) is 0 Å². The van der Waals surface area contributed by atoms with Gasteiger partial charge in [0, 0.05) is 13.1 Å². The maximum absolute atomic E-state index is 9.93. The van der Waals surface area contributed by atoms with Crippen LogP contribution in [0, 0.1) is 22.7 Å². The first-order valence-corrected chi connectivity index (χ1v) is 7.57. The van der Waals surface area contributed by atoms with Gasteiger partial charge in [-0.15, -0.1) is 0 Å². The molecule has 1 aliphatic carbocycles. The molecule has 21 heavy (non-hydrogen) atoms. The Morgan fingerprint density at radius 2 is 2.00 bits per heavy atom. The number of hydrogen-bond donors (Lipinski definition) is 2. The maximum Gasteiger partial charge on any atom is 0.119 e. The number of nitriles is 1. The third kappa shape index (κ3) is 4.45. The Labute approximate surface area is 126 Å². The Morgan fingerprint density at radius 3 is 2.52 bits per heavy atom. The molecule has 1 atom stereocenters. The van der Waals surface area contributed by atoms with Crippen molar-refractivity contribution in [2.75, 3.05) is 19.7 Å². The van der Waals surface area contributed by atoms with Crippen molar-refractivity contribution in [2.24, 2.45) is 11.3 Å². The highest BCUT2D eigenvalue weighted by Gasteiger charge is 2.44. The van der Waals surface area contributed by atoms with E-state index in [2.05, 4.69) is 25.2 Å². The summed E-state index contributed by atoms with van der Waals surface area (Å²) in [6, 6.07) is 8.97. The van der Waals surface area contributed by atoms with Gasteiger partial charge in [-0.1, -0.05) is 13.8 Å². The molecule has 0 radical (unpaired) electrons. The minimum atomic E-state index is -0.524. The highest BCUT2D eigenvalue weighted by atomic mass is 16.5. The summed E-state index contributed by atoms with van der Waals surface area (Å²) in [5.74, 6) is 1.37. The molecule has 0 spiro atoms. The van der Waals surface area contributed by atoms with E-state index in [1.54, 1.807) is 24.3 Å². The van der Waals surface area contributed by atoms with Crippen molar-refractivity contribution < 1.29 is 9.84 Å². The lowest BCUT2D eigenvalue weighted by Gasteiger charge is -2.21. The largest absolute Gasteiger partial charge is 0.491 e. The molecule has 1 saturated carbocycles. The molecule has 1 fully saturated rings. The Balaban J connectivity index is 1.65.